The second-order valence-electron chi connectivity index (χ2n) is 3.38. The van der Waals surface area contributed by atoms with Crippen molar-refractivity contribution in [2.45, 2.75) is 39.5 Å². The Morgan fingerprint density at radius 2 is 1.29 bits per heavy atom. The molecule has 0 aromatic heterocycles. The average Bonchev–Trinajstić information content (AvgIpc) is 2.27. The number of hydrogen-bond acceptors (Lipinski definition) is 4. The van der Waals surface area contributed by atoms with Crippen molar-refractivity contribution in [2.24, 2.45) is 0 Å². The second-order valence-corrected chi connectivity index (χ2v) is 3.38. The Morgan fingerprint density at radius 1 is 0.941 bits per heavy atom. The van der Waals surface area contributed by atoms with Gasteiger partial charge in [-0.1, -0.05) is 26.7 Å². The first-order chi connectivity index (χ1) is 7.70. The van der Waals surface area contributed by atoms with E-state index in [2.05, 4.69) is 0 Å². The molecule has 0 atom stereocenters. The summed E-state index contributed by atoms with van der Waals surface area (Å²) in [6, 6.07) is 0. The second kappa shape index (κ2) is 14.2. The monoisotopic (exact) mass is 318 g/mol. The van der Waals surface area contributed by atoms with Gasteiger partial charge >= 0.3 is 57.4 Å². The molecule has 0 aromatic rings. The van der Waals surface area contributed by atoms with E-state index in [1.165, 1.54) is 0 Å². The molecular formula is C12H22O4Sr. The number of unbranched alkanes of at least 4 members (excludes halogenated alkanes) is 2. The van der Waals surface area contributed by atoms with Crippen molar-refractivity contribution in [3.8, 4) is 0 Å². The zero-order chi connectivity index (χ0) is 12.2. The van der Waals surface area contributed by atoms with Crippen LogP contribution >= 0.6 is 0 Å². The Hall–Kier alpha value is 0.161. The fourth-order valence-corrected chi connectivity index (χ4v) is 0.867. The molecule has 0 bridgehead atoms. The molecule has 0 N–H and O–H groups in total. The van der Waals surface area contributed by atoms with Crippen LogP contribution in [-0.4, -0.2) is 70.6 Å². The van der Waals surface area contributed by atoms with Gasteiger partial charge in [0.2, 0.25) is 0 Å². The summed E-state index contributed by atoms with van der Waals surface area (Å²) < 4.78 is 9.65. The molecule has 0 unspecified atom stereocenters. The first-order valence-electron chi connectivity index (χ1n) is 5.72. The Morgan fingerprint density at radius 3 is 1.59 bits per heavy atom. The van der Waals surface area contributed by atoms with Crippen LogP contribution in [0.5, 0.6) is 0 Å². The number of carbonyl (C=O) groups is 2. The zero-order valence-corrected chi connectivity index (χ0v) is 14.2. The third kappa shape index (κ3) is 14.1. The van der Waals surface area contributed by atoms with Crippen LogP contribution in [0.3, 0.4) is 0 Å². The molecule has 0 saturated heterocycles. The van der Waals surface area contributed by atoms with E-state index in [0.29, 0.717) is 13.2 Å². The minimum absolute atomic E-state index is 0. The van der Waals surface area contributed by atoms with Gasteiger partial charge in [0.05, 0.1) is 13.2 Å². The number of hydrogen-bond donors (Lipinski definition) is 0. The molecule has 0 aliphatic rings. The predicted octanol–water partition coefficient (Wildman–Crippen LogP) is 2.07. The number of esters is 2. The van der Waals surface area contributed by atoms with Crippen LogP contribution in [-0.2, 0) is 19.1 Å². The van der Waals surface area contributed by atoms with Crippen molar-refractivity contribution in [1.29, 1.82) is 0 Å². The van der Waals surface area contributed by atoms with E-state index in [1.807, 2.05) is 13.8 Å². The van der Waals surface area contributed by atoms with Gasteiger partial charge in [0.15, 0.2) is 0 Å². The third-order valence-corrected chi connectivity index (χ3v) is 1.84. The van der Waals surface area contributed by atoms with Crippen molar-refractivity contribution >= 4 is 57.4 Å². The maximum atomic E-state index is 11.0. The van der Waals surface area contributed by atoms with Crippen LogP contribution in [0.25, 0.3) is 0 Å². The molecule has 0 fully saturated rings. The molecule has 0 radical (unpaired) electrons. The Labute approximate surface area is 143 Å². The normalized spacial score (nSPS) is 9.76. The van der Waals surface area contributed by atoms with Gasteiger partial charge in [0.25, 0.3) is 0 Å². The molecule has 0 aliphatic carbocycles. The van der Waals surface area contributed by atoms with Crippen LogP contribution in [0.2, 0.25) is 0 Å². The molecule has 0 spiro atoms. The molecule has 4 nitrogen and oxygen atoms in total. The van der Waals surface area contributed by atoms with Gasteiger partial charge in [-0.25, -0.2) is 9.59 Å². The van der Waals surface area contributed by atoms with Crippen molar-refractivity contribution in [3.05, 3.63) is 12.2 Å². The molecule has 96 valence electrons. The van der Waals surface area contributed by atoms with Crippen molar-refractivity contribution in [3.63, 3.8) is 0 Å². The largest absolute Gasteiger partial charge is 2.00 e. The minimum atomic E-state index is -0.499. The fraction of sp³-hybridized carbons (Fsp3) is 0.667. The average molecular weight is 318 g/mol. The van der Waals surface area contributed by atoms with Crippen LogP contribution in [0.4, 0.5) is 0 Å². The van der Waals surface area contributed by atoms with Gasteiger partial charge in [0.1, 0.15) is 0 Å². The molecule has 0 aliphatic heterocycles. The number of rotatable bonds is 8. The maximum Gasteiger partial charge on any atom is 2.00 e. The van der Waals surface area contributed by atoms with E-state index >= 15 is 0 Å². The summed E-state index contributed by atoms with van der Waals surface area (Å²) in [6.07, 6.45) is 5.81. The van der Waals surface area contributed by atoms with E-state index in [0.717, 1.165) is 37.8 Å². The van der Waals surface area contributed by atoms with Gasteiger partial charge < -0.3 is 12.3 Å². The van der Waals surface area contributed by atoms with E-state index in [1.54, 1.807) is 0 Å². The molecule has 0 amide bonds. The number of ether oxygens (including phenoxy) is 2. The fourth-order valence-electron chi connectivity index (χ4n) is 0.867. The summed E-state index contributed by atoms with van der Waals surface area (Å²) in [7, 11) is 0. The summed E-state index contributed by atoms with van der Waals surface area (Å²) in [5.41, 5.74) is 0. The molecule has 0 rings (SSSR count). The molecule has 0 heterocycles. The molecule has 5 heteroatoms. The number of carbonyl (C=O) groups excluding carboxylic acids is 2. The van der Waals surface area contributed by atoms with Crippen molar-refractivity contribution in [1.82, 2.24) is 0 Å². The quantitative estimate of drug-likeness (QED) is 0.298. The van der Waals surface area contributed by atoms with Crippen LogP contribution in [0, 0.1) is 0 Å². The first kappa shape index (κ1) is 19.5. The summed E-state index contributed by atoms with van der Waals surface area (Å²) in [6.45, 7) is 4.80. The van der Waals surface area contributed by atoms with Crippen LogP contribution in [0.15, 0.2) is 12.2 Å². The summed E-state index contributed by atoms with van der Waals surface area (Å²) in [4.78, 5) is 22.1. The third-order valence-electron chi connectivity index (χ3n) is 1.84. The van der Waals surface area contributed by atoms with E-state index in [9.17, 15) is 9.59 Å². The van der Waals surface area contributed by atoms with Gasteiger partial charge in [0, 0.05) is 12.2 Å². The van der Waals surface area contributed by atoms with Gasteiger partial charge in [-0.05, 0) is 12.8 Å². The maximum absolute atomic E-state index is 11.0. The summed E-state index contributed by atoms with van der Waals surface area (Å²) >= 11 is 0. The van der Waals surface area contributed by atoms with Crippen LogP contribution in [0.1, 0.15) is 42.4 Å². The SMILES string of the molecule is CCCCOC(=O)/C=C/C(=O)OCCCC.[H-].[H-].[Sr+2]. The standard InChI is InChI=1S/C12H20O4.Sr.2H/c1-3-5-9-15-11(13)7-8-12(14)16-10-6-4-2;;;/h7-8H,3-6,9-10H2,1-2H3;;;/q;+2;2*-1/b8-7+;;;. The first-order valence-corrected chi connectivity index (χ1v) is 5.72. The van der Waals surface area contributed by atoms with Gasteiger partial charge in [-0.3, -0.25) is 0 Å². The van der Waals surface area contributed by atoms with E-state index in [4.69, 9.17) is 9.47 Å². The topological polar surface area (TPSA) is 52.6 Å². The smallest absolute Gasteiger partial charge is 1.00 e. The predicted molar refractivity (Wildman–Crippen MR) is 68.9 cm³/mol. The minimum Gasteiger partial charge on any atom is -1.00 e. The van der Waals surface area contributed by atoms with E-state index in [-0.39, 0.29) is 48.3 Å². The Balaban J connectivity index is -0.000000375. The summed E-state index contributed by atoms with van der Waals surface area (Å²) in [5, 5.41) is 0. The Bertz CT molecular complexity index is 224. The van der Waals surface area contributed by atoms with Crippen molar-refractivity contribution < 1.29 is 21.9 Å². The van der Waals surface area contributed by atoms with E-state index < -0.39 is 11.9 Å². The molecule has 17 heavy (non-hydrogen) atoms. The summed E-state index contributed by atoms with van der Waals surface area (Å²) in [5.74, 6) is -0.998. The Kier molecular flexibility index (Phi) is 16.3. The molecular weight excluding hydrogens is 296 g/mol. The van der Waals surface area contributed by atoms with Crippen LogP contribution < -0.4 is 0 Å². The molecule has 0 aromatic carbocycles. The van der Waals surface area contributed by atoms with Gasteiger partial charge in [-0.2, -0.15) is 0 Å². The molecule has 0 saturated carbocycles. The zero-order valence-electron chi connectivity index (χ0n) is 12.7. The van der Waals surface area contributed by atoms with Gasteiger partial charge in [-0.15, -0.1) is 0 Å². The van der Waals surface area contributed by atoms with Crippen molar-refractivity contribution in [2.75, 3.05) is 13.2 Å².